The molecule has 6 aliphatic rings. The summed E-state index contributed by atoms with van der Waals surface area (Å²) < 4.78 is 28.7. The Morgan fingerprint density at radius 2 is 1.95 bits per heavy atom. The summed E-state index contributed by atoms with van der Waals surface area (Å²) in [6.07, 6.45) is 5.51. The molecule has 5 fully saturated rings. The highest BCUT2D eigenvalue weighted by atomic mass is 16.6. The lowest BCUT2D eigenvalue weighted by molar-refractivity contribution is -0.429. The normalized spacial score (nSPS) is 45.7. The molecule has 0 radical (unpaired) electrons. The molecule has 7 rings (SSSR count). The Bertz CT molecular complexity index is 1380. The second-order valence-electron chi connectivity index (χ2n) is 13.5. The minimum atomic E-state index is -1.81. The molecule has 1 aromatic heterocycles. The number of carbonyl (C=O) groups is 3. The number of rotatable bonds is 5. The molecule has 0 aromatic carbocycles. The summed E-state index contributed by atoms with van der Waals surface area (Å²) in [5.74, 6) is -5.21. The summed E-state index contributed by atoms with van der Waals surface area (Å²) in [6.45, 7) is 9.21. The maximum absolute atomic E-state index is 13.2. The van der Waals surface area contributed by atoms with Gasteiger partial charge in [-0.3, -0.25) is 9.59 Å². The molecule has 2 N–H and O–H groups in total. The second kappa shape index (κ2) is 9.27. The van der Waals surface area contributed by atoms with Gasteiger partial charge in [0.25, 0.3) is 0 Å². The van der Waals surface area contributed by atoms with Crippen molar-refractivity contribution in [1.82, 2.24) is 0 Å². The lowest BCUT2D eigenvalue weighted by Gasteiger charge is -2.74. The first-order valence-corrected chi connectivity index (χ1v) is 14.6. The standard InChI is InChI=1S/C32H40O10/c1-7-17(2)27(35)42-26-21-12-20-19(30(5)22(13-23(33)38-6)28(26,3)16-40-32(21,30)37)8-10-29(4)25(18-9-11-39-15-18)41-24(34)14-31(20,29)36/h7,9,11-12,15,19,21-22,25-26,36-37H,8,10,13-14,16H2,1-6H3/b17-7+/t19-,21-,22-,25-,26+,28+,29-,30+,31+,32+/m0/s1. The molecule has 0 spiro atoms. The number of ether oxygens (including phenoxy) is 4. The predicted octanol–water partition coefficient (Wildman–Crippen LogP) is 3.77. The first-order chi connectivity index (χ1) is 19.7. The first kappa shape index (κ1) is 29.1. The third-order valence-electron chi connectivity index (χ3n) is 11.8. The molecule has 0 amide bonds. The third-order valence-corrected chi connectivity index (χ3v) is 11.8. The predicted molar refractivity (Wildman–Crippen MR) is 146 cm³/mol. The first-order valence-electron chi connectivity index (χ1n) is 14.6. The molecule has 3 aliphatic heterocycles. The van der Waals surface area contributed by atoms with Crippen molar-refractivity contribution >= 4 is 17.9 Å². The summed E-state index contributed by atoms with van der Waals surface area (Å²) in [6, 6.07) is 1.73. The fraction of sp³-hybridized carbons (Fsp3) is 0.656. The van der Waals surface area contributed by atoms with Crippen molar-refractivity contribution < 1.29 is 48.0 Å². The molecule has 2 saturated carbocycles. The van der Waals surface area contributed by atoms with Gasteiger partial charge in [0.2, 0.25) is 0 Å². The van der Waals surface area contributed by atoms with Gasteiger partial charge in [-0.1, -0.05) is 32.9 Å². The van der Waals surface area contributed by atoms with E-state index in [1.165, 1.54) is 19.6 Å². The zero-order valence-corrected chi connectivity index (χ0v) is 25.0. The van der Waals surface area contributed by atoms with Crippen molar-refractivity contribution in [3.05, 3.63) is 47.5 Å². The van der Waals surface area contributed by atoms with Gasteiger partial charge in [-0.05, 0) is 50.2 Å². The monoisotopic (exact) mass is 584 g/mol. The molecule has 3 aliphatic carbocycles. The van der Waals surface area contributed by atoms with Crippen LogP contribution in [0.2, 0.25) is 0 Å². The topological polar surface area (TPSA) is 142 Å². The van der Waals surface area contributed by atoms with Crippen LogP contribution in [0.25, 0.3) is 0 Å². The molecule has 10 heteroatoms. The van der Waals surface area contributed by atoms with Gasteiger partial charge in [0.1, 0.15) is 17.8 Å². The molecule has 4 bridgehead atoms. The van der Waals surface area contributed by atoms with Crippen molar-refractivity contribution in [2.24, 2.45) is 34.0 Å². The molecular formula is C32H40O10. The van der Waals surface area contributed by atoms with Crippen LogP contribution >= 0.6 is 0 Å². The van der Waals surface area contributed by atoms with E-state index in [9.17, 15) is 24.6 Å². The number of methoxy groups -OCH3 is 1. The Morgan fingerprint density at radius 3 is 2.60 bits per heavy atom. The van der Waals surface area contributed by atoms with Crippen LogP contribution in [0.5, 0.6) is 0 Å². The summed E-state index contributed by atoms with van der Waals surface area (Å²) in [7, 11) is 1.32. The van der Waals surface area contributed by atoms with E-state index in [2.05, 4.69) is 0 Å². The molecule has 0 unspecified atom stereocenters. The maximum Gasteiger partial charge on any atom is 0.333 e. The van der Waals surface area contributed by atoms with Crippen LogP contribution in [0.3, 0.4) is 0 Å². The summed E-state index contributed by atoms with van der Waals surface area (Å²) in [4.78, 5) is 39.2. The van der Waals surface area contributed by atoms with E-state index >= 15 is 0 Å². The average molecular weight is 585 g/mol. The van der Waals surface area contributed by atoms with Crippen molar-refractivity contribution in [2.75, 3.05) is 13.7 Å². The molecule has 4 heterocycles. The highest BCUT2D eigenvalue weighted by Crippen LogP contribution is 2.75. The van der Waals surface area contributed by atoms with Crippen molar-refractivity contribution in [3.8, 4) is 0 Å². The van der Waals surface area contributed by atoms with Gasteiger partial charge in [0, 0.05) is 33.8 Å². The Morgan fingerprint density at radius 1 is 1.21 bits per heavy atom. The lowest BCUT2D eigenvalue weighted by Crippen LogP contribution is -2.80. The molecule has 3 saturated heterocycles. The zero-order valence-electron chi connectivity index (χ0n) is 25.0. The van der Waals surface area contributed by atoms with Gasteiger partial charge in [0.05, 0.1) is 38.6 Å². The van der Waals surface area contributed by atoms with Crippen molar-refractivity contribution in [2.45, 2.75) is 83.9 Å². The molecule has 228 valence electrons. The number of aliphatic hydroxyl groups is 2. The van der Waals surface area contributed by atoms with Crippen LogP contribution < -0.4 is 0 Å². The van der Waals surface area contributed by atoms with E-state index in [0.717, 1.165) is 0 Å². The number of allylic oxidation sites excluding steroid dienone is 1. The van der Waals surface area contributed by atoms with Gasteiger partial charge < -0.3 is 33.6 Å². The number of esters is 3. The third kappa shape index (κ3) is 3.46. The van der Waals surface area contributed by atoms with Gasteiger partial charge in [0.15, 0.2) is 5.79 Å². The molecule has 10 atom stereocenters. The number of hydrogen-bond acceptors (Lipinski definition) is 10. The zero-order chi connectivity index (χ0) is 30.5. The Labute approximate surface area is 245 Å². The fourth-order valence-corrected chi connectivity index (χ4v) is 9.25. The molecule has 1 aromatic rings. The van der Waals surface area contributed by atoms with Gasteiger partial charge in [-0.15, -0.1) is 0 Å². The lowest BCUT2D eigenvalue weighted by atomic mass is 9.36. The van der Waals surface area contributed by atoms with Crippen molar-refractivity contribution in [3.63, 3.8) is 0 Å². The molecule has 10 nitrogen and oxygen atoms in total. The Hall–Kier alpha value is -2.95. The number of fused-ring (bicyclic) bond motifs is 4. The summed E-state index contributed by atoms with van der Waals surface area (Å²) in [5.41, 5.74) is -2.88. The minimum Gasteiger partial charge on any atom is -0.472 e. The van der Waals surface area contributed by atoms with Crippen LogP contribution in [0.15, 0.2) is 46.3 Å². The number of furan rings is 1. The smallest absolute Gasteiger partial charge is 0.333 e. The Balaban J connectivity index is 1.56. The van der Waals surface area contributed by atoms with Crippen molar-refractivity contribution in [1.29, 1.82) is 0 Å². The molecule has 42 heavy (non-hydrogen) atoms. The number of carbonyl (C=O) groups excluding carboxylic acids is 3. The number of cyclic esters (lactones) is 1. The van der Waals surface area contributed by atoms with Gasteiger partial charge in [-0.2, -0.15) is 0 Å². The van der Waals surface area contributed by atoms with Gasteiger partial charge >= 0.3 is 17.9 Å². The second-order valence-corrected chi connectivity index (χ2v) is 13.5. The fourth-order valence-electron chi connectivity index (χ4n) is 9.25. The van der Waals surface area contributed by atoms with E-state index in [1.54, 1.807) is 32.1 Å². The summed E-state index contributed by atoms with van der Waals surface area (Å²) >= 11 is 0. The maximum atomic E-state index is 13.2. The minimum absolute atomic E-state index is 0.0439. The van der Waals surface area contributed by atoms with E-state index in [0.29, 0.717) is 29.6 Å². The SMILES string of the molecule is C/C=C(\C)C(=O)O[C@@H]1[C@@H]2C=C3[C@H](CC[C@@]4(C)[C@H](c5ccoc5)OC(=O)C[C@@]34O)[C@]3(C)[C@@H](CC(=O)OC)[C@@]1(C)CO[C@]23O. The molecular weight excluding hydrogens is 544 g/mol. The van der Waals surface area contributed by atoms with Crippen LogP contribution in [0, 0.1) is 34.0 Å². The highest BCUT2D eigenvalue weighted by molar-refractivity contribution is 5.88. The average Bonchev–Trinajstić information content (AvgIpc) is 3.48. The van der Waals surface area contributed by atoms with E-state index in [4.69, 9.17) is 23.4 Å². The largest absolute Gasteiger partial charge is 0.472 e. The van der Waals surface area contributed by atoms with Crippen LogP contribution in [-0.2, 0) is 33.3 Å². The summed E-state index contributed by atoms with van der Waals surface area (Å²) in [5, 5.41) is 25.3. The van der Waals surface area contributed by atoms with E-state index < -0.39 is 75.5 Å². The van der Waals surface area contributed by atoms with E-state index in [-0.39, 0.29) is 19.4 Å². The van der Waals surface area contributed by atoms with Crippen LogP contribution in [-0.4, -0.2) is 59.3 Å². The number of hydrogen-bond donors (Lipinski definition) is 2. The quantitative estimate of drug-likeness (QED) is 0.227. The van der Waals surface area contributed by atoms with Crippen LogP contribution in [0.4, 0.5) is 0 Å². The Kier molecular flexibility index (Phi) is 6.43. The van der Waals surface area contributed by atoms with Gasteiger partial charge in [-0.25, -0.2) is 4.79 Å². The van der Waals surface area contributed by atoms with E-state index in [1.807, 2.05) is 20.8 Å². The highest BCUT2D eigenvalue weighted by Gasteiger charge is 2.80. The van der Waals surface area contributed by atoms with Crippen LogP contribution in [0.1, 0.15) is 72.0 Å².